The Morgan fingerprint density at radius 2 is 2.10 bits per heavy atom. The lowest BCUT2D eigenvalue weighted by atomic mass is 9.83. The van der Waals surface area contributed by atoms with E-state index >= 15 is 4.39 Å². The molecule has 0 unspecified atom stereocenters. The number of fused-ring (bicyclic) bond motifs is 1. The summed E-state index contributed by atoms with van der Waals surface area (Å²) in [6, 6.07) is 1.35. The highest BCUT2D eigenvalue weighted by Crippen LogP contribution is 2.43. The number of thioether (sulfide) groups is 1. The number of hydrogen-bond donors (Lipinski definition) is 4. The summed E-state index contributed by atoms with van der Waals surface area (Å²) in [6.45, 7) is 0.335. The molecule has 166 valence electrons. The molecule has 1 aromatic rings. The number of aliphatic hydroxyl groups is 1. The molecule has 1 amide bonds. The van der Waals surface area contributed by atoms with Crippen LogP contribution >= 0.6 is 11.8 Å². The Hall–Kier alpha value is -1.56. The molecule has 1 aliphatic carbocycles. The number of rotatable bonds is 6. The first-order valence-corrected chi connectivity index (χ1v) is 12.5. The average molecular weight is 460 g/mol. The first kappa shape index (κ1) is 21.7. The normalized spacial score (nSPS) is 24.7. The predicted octanol–water partition coefficient (Wildman–Crippen LogP) is 1.26. The van der Waals surface area contributed by atoms with Crippen LogP contribution in [-0.2, 0) is 21.4 Å². The van der Waals surface area contributed by atoms with Crippen molar-refractivity contribution in [3.63, 3.8) is 0 Å². The maximum atomic E-state index is 15.3. The molecule has 3 aliphatic rings. The summed E-state index contributed by atoms with van der Waals surface area (Å²) in [7, 11) is -4.22. The molecule has 0 bridgehead atoms. The quantitative estimate of drug-likeness (QED) is 0.506. The summed E-state index contributed by atoms with van der Waals surface area (Å²) in [5, 5.41) is 23.5. The Labute approximate surface area is 179 Å². The number of hydrogen-bond acceptors (Lipinski definition) is 7. The van der Waals surface area contributed by atoms with E-state index in [2.05, 4.69) is 5.32 Å². The van der Waals surface area contributed by atoms with Crippen molar-refractivity contribution in [2.24, 2.45) is 5.41 Å². The monoisotopic (exact) mass is 459 g/mol. The van der Waals surface area contributed by atoms with Crippen LogP contribution in [-0.4, -0.2) is 56.0 Å². The number of nitrogens with zero attached hydrogens (tertiary/aromatic N) is 1. The molecule has 1 aromatic carbocycles. The van der Waals surface area contributed by atoms with E-state index in [4.69, 9.17) is 0 Å². The van der Waals surface area contributed by atoms with Gasteiger partial charge in [0, 0.05) is 28.9 Å². The molecule has 2 heterocycles. The molecular formula is C19H26FN3O5S2. The smallest absolute Gasteiger partial charge is 0.326 e. The van der Waals surface area contributed by atoms with Crippen LogP contribution in [0.15, 0.2) is 11.0 Å². The van der Waals surface area contributed by atoms with E-state index in [0.717, 1.165) is 32.1 Å². The first-order valence-electron chi connectivity index (χ1n) is 10.1. The lowest BCUT2D eigenvalue weighted by molar-refractivity contribution is -0.117. The fourth-order valence-electron chi connectivity index (χ4n) is 4.63. The number of halogens is 1. The summed E-state index contributed by atoms with van der Waals surface area (Å²) in [6.07, 6.45) is 5.55. The van der Waals surface area contributed by atoms with Crippen LogP contribution in [0, 0.1) is 11.2 Å². The van der Waals surface area contributed by atoms with Crippen molar-refractivity contribution in [2.75, 3.05) is 29.8 Å². The molecule has 1 saturated carbocycles. The van der Waals surface area contributed by atoms with E-state index in [-0.39, 0.29) is 18.1 Å². The van der Waals surface area contributed by atoms with Gasteiger partial charge in [-0.3, -0.25) is 4.79 Å². The Bertz CT molecular complexity index is 950. The van der Waals surface area contributed by atoms with Crippen LogP contribution in [0.25, 0.3) is 0 Å². The van der Waals surface area contributed by atoms with Crippen molar-refractivity contribution >= 4 is 33.6 Å². The summed E-state index contributed by atoms with van der Waals surface area (Å²) in [5.74, 6) is -1.40. The molecule has 0 radical (unpaired) electrons. The first-order chi connectivity index (χ1) is 14.2. The molecule has 1 atom stereocenters. The van der Waals surface area contributed by atoms with Gasteiger partial charge in [0.05, 0.1) is 0 Å². The largest absolute Gasteiger partial charge is 0.506 e. The number of phenolic OH excluding ortho intramolecular Hbond substituents is 1. The Morgan fingerprint density at radius 1 is 1.37 bits per heavy atom. The third-order valence-corrected chi connectivity index (χ3v) is 8.95. The van der Waals surface area contributed by atoms with Gasteiger partial charge in [-0.25, -0.2) is 13.4 Å². The lowest BCUT2D eigenvalue weighted by Gasteiger charge is -2.30. The molecule has 2 fully saturated rings. The van der Waals surface area contributed by atoms with Gasteiger partial charge in [0.1, 0.15) is 18.0 Å². The highest BCUT2D eigenvalue weighted by Gasteiger charge is 2.39. The van der Waals surface area contributed by atoms with E-state index in [1.54, 1.807) is 4.72 Å². The minimum Gasteiger partial charge on any atom is -0.506 e. The number of phenols is 1. The van der Waals surface area contributed by atoms with Crippen molar-refractivity contribution in [3.8, 4) is 5.75 Å². The van der Waals surface area contributed by atoms with E-state index < -0.39 is 39.9 Å². The van der Waals surface area contributed by atoms with Gasteiger partial charge in [-0.1, -0.05) is 12.8 Å². The number of carbonyl (C=O) groups excluding carboxylic acids is 1. The second kappa shape index (κ2) is 8.18. The maximum absolute atomic E-state index is 15.3. The van der Waals surface area contributed by atoms with Gasteiger partial charge in [0.15, 0.2) is 5.82 Å². The molecule has 30 heavy (non-hydrogen) atoms. The van der Waals surface area contributed by atoms with Crippen LogP contribution in [0.3, 0.4) is 0 Å². The predicted molar refractivity (Wildman–Crippen MR) is 111 cm³/mol. The highest BCUT2D eigenvalue weighted by molar-refractivity contribution is 7.99. The van der Waals surface area contributed by atoms with E-state index in [0.29, 0.717) is 33.5 Å². The number of nitrogens with one attached hydrogen (secondary N) is 2. The van der Waals surface area contributed by atoms with E-state index in [1.165, 1.54) is 17.8 Å². The molecule has 4 N–H and O–H groups in total. The second-order valence-electron chi connectivity index (χ2n) is 8.35. The molecule has 0 aromatic heterocycles. The zero-order chi connectivity index (χ0) is 21.5. The molecule has 11 heteroatoms. The third kappa shape index (κ3) is 4.00. The summed E-state index contributed by atoms with van der Waals surface area (Å²) in [5.41, 5.74) is -0.164. The van der Waals surface area contributed by atoms with Crippen LogP contribution in [0.1, 0.15) is 37.7 Å². The number of carbonyl (C=O) groups is 1. The van der Waals surface area contributed by atoms with Crippen LogP contribution in [0.2, 0.25) is 0 Å². The SMILES string of the molecule is O=C1CN(c2c(O)cc3c(c2F)C[C@H](NCCC2(CO)CCCC2)CS3)S(=O)(=O)N1. The molecule has 8 nitrogen and oxygen atoms in total. The Kier molecular flexibility index (Phi) is 5.90. The van der Waals surface area contributed by atoms with Crippen molar-refractivity contribution in [2.45, 2.75) is 49.5 Å². The number of aromatic hydroxyl groups is 1. The van der Waals surface area contributed by atoms with Gasteiger partial charge in [-0.05, 0) is 43.7 Å². The van der Waals surface area contributed by atoms with Gasteiger partial charge in [-0.15, -0.1) is 11.8 Å². The van der Waals surface area contributed by atoms with Crippen molar-refractivity contribution in [1.29, 1.82) is 0 Å². The lowest BCUT2D eigenvalue weighted by Crippen LogP contribution is -2.39. The van der Waals surface area contributed by atoms with Crippen molar-refractivity contribution < 1.29 is 27.8 Å². The Morgan fingerprint density at radius 3 is 2.73 bits per heavy atom. The van der Waals surface area contributed by atoms with Gasteiger partial charge >= 0.3 is 10.2 Å². The zero-order valence-corrected chi connectivity index (χ0v) is 18.1. The summed E-state index contributed by atoms with van der Waals surface area (Å²) in [4.78, 5) is 12.1. The molecule has 1 saturated heterocycles. The van der Waals surface area contributed by atoms with Crippen LogP contribution in [0.4, 0.5) is 10.1 Å². The second-order valence-corrected chi connectivity index (χ2v) is 11.0. The Balaban J connectivity index is 1.50. The van der Waals surface area contributed by atoms with Crippen LogP contribution < -0.4 is 14.3 Å². The topological polar surface area (TPSA) is 119 Å². The molecular weight excluding hydrogens is 433 g/mol. The molecule has 0 spiro atoms. The van der Waals surface area contributed by atoms with Crippen LogP contribution in [0.5, 0.6) is 5.75 Å². The van der Waals surface area contributed by atoms with Crippen molar-refractivity contribution in [3.05, 3.63) is 17.4 Å². The minimum atomic E-state index is -4.22. The van der Waals surface area contributed by atoms with Gasteiger partial charge < -0.3 is 15.5 Å². The number of aliphatic hydroxyl groups excluding tert-OH is 1. The highest BCUT2D eigenvalue weighted by atomic mass is 32.2. The fourth-order valence-corrected chi connectivity index (χ4v) is 6.95. The average Bonchev–Trinajstić information content (AvgIpc) is 3.26. The number of benzene rings is 1. The van der Waals surface area contributed by atoms with Gasteiger partial charge in [0.25, 0.3) is 5.91 Å². The zero-order valence-electron chi connectivity index (χ0n) is 16.5. The fraction of sp³-hybridized carbons (Fsp3) is 0.632. The molecule has 2 aliphatic heterocycles. The molecule has 4 rings (SSSR count). The van der Waals surface area contributed by atoms with E-state index in [1.807, 2.05) is 0 Å². The number of amides is 1. The maximum Gasteiger partial charge on any atom is 0.326 e. The summed E-state index contributed by atoms with van der Waals surface area (Å²) >= 11 is 1.40. The number of anilines is 1. The standard InChI is InChI=1S/C19H26FN3O5S2/c20-17-13-7-12(21-6-5-19(11-24)3-1-2-4-19)10-29-15(13)8-14(25)18(17)23-9-16(26)22-30(23,27)28/h8,12,21,24-25H,1-7,9-11H2,(H,22,26)/t12-/m0/s1. The summed E-state index contributed by atoms with van der Waals surface area (Å²) < 4.78 is 41.9. The van der Waals surface area contributed by atoms with E-state index in [9.17, 15) is 23.4 Å². The third-order valence-electron chi connectivity index (χ3n) is 6.33. The minimum absolute atomic E-state index is 0.0125. The van der Waals surface area contributed by atoms with Crippen molar-refractivity contribution in [1.82, 2.24) is 10.0 Å². The van der Waals surface area contributed by atoms with Gasteiger partial charge in [-0.2, -0.15) is 8.42 Å². The van der Waals surface area contributed by atoms with Gasteiger partial charge in [0.2, 0.25) is 0 Å².